The van der Waals surface area contributed by atoms with Crippen LogP contribution in [0.2, 0.25) is 0 Å². The van der Waals surface area contributed by atoms with Crippen molar-refractivity contribution in [2.45, 2.75) is 26.7 Å². The van der Waals surface area contributed by atoms with Gasteiger partial charge >= 0.3 is 0 Å². The summed E-state index contributed by atoms with van der Waals surface area (Å²) in [6, 6.07) is 2.95. The first-order chi connectivity index (χ1) is 7.74. The molecule has 17 heavy (non-hydrogen) atoms. The zero-order valence-corrected chi connectivity index (χ0v) is 10.1. The van der Waals surface area contributed by atoms with Crippen molar-refractivity contribution in [3.8, 4) is 0 Å². The fourth-order valence-corrected chi connectivity index (χ4v) is 1.06. The molecule has 5 heteroatoms. The maximum absolute atomic E-state index is 13.6. The smallest absolute Gasteiger partial charge is 0.269 e. The van der Waals surface area contributed by atoms with E-state index >= 15 is 0 Å². The predicted octanol–water partition coefficient (Wildman–Crippen LogP) is 2.49. The number of amides is 1. The van der Waals surface area contributed by atoms with E-state index in [1.807, 2.05) is 0 Å². The summed E-state index contributed by atoms with van der Waals surface area (Å²) in [5.74, 6) is -3.47. The Balaban J connectivity index is 2.61. The van der Waals surface area contributed by atoms with Crippen molar-refractivity contribution in [2.75, 3.05) is 6.54 Å². The topological polar surface area (TPSA) is 42.0 Å². The van der Waals surface area contributed by atoms with E-state index < -0.39 is 23.8 Å². The summed E-state index contributed by atoms with van der Waals surface area (Å²) in [6.45, 7) is 3.64. The Morgan fingerprint density at radius 3 is 2.29 bits per heavy atom. The number of carbonyl (C=O) groups is 1. The van der Waals surface area contributed by atoms with E-state index in [2.05, 4.69) is 10.3 Å². The molecule has 0 unspecified atom stereocenters. The molecule has 1 aromatic rings. The Morgan fingerprint density at radius 2 is 1.82 bits per heavy atom. The van der Waals surface area contributed by atoms with Gasteiger partial charge in [0.25, 0.3) is 11.8 Å². The number of nitrogens with one attached hydrogen (secondary N) is 1. The summed E-state index contributed by atoms with van der Waals surface area (Å²) in [5, 5.41) is 2.23. The lowest BCUT2D eigenvalue weighted by Gasteiger charge is -2.30. The summed E-state index contributed by atoms with van der Waals surface area (Å²) in [4.78, 5) is 15.3. The van der Waals surface area contributed by atoms with Crippen molar-refractivity contribution >= 4 is 5.91 Å². The minimum atomic E-state index is -2.95. The van der Waals surface area contributed by atoms with E-state index in [9.17, 15) is 13.6 Å². The largest absolute Gasteiger partial charge is 0.346 e. The number of alkyl halides is 2. The van der Waals surface area contributed by atoms with Gasteiger partial charge in [0.05, 0.1) is 6.54 Å². The maximum Gasteiger partial charge on any atom is 0.269 e. The number of hydrogen-bond acceptors (Lipinski definition) is 2. The molecular weight excluding hydrogens is 226 g/mol. The van der Waals surface area contributed by atoms with Crippen molar-refractivity contribution in [3.63, 3.8) is 0 Å². The number of rotatable bonds is 3. The van der Waals surface area contributed by atoms with E-state index in [1.165, 1.54) is 45.3 Å². The molecule has 0 spiro atoms. The van der Waals surface area contributed by atoms with Crippen molar-refractivity contribution in [1.82, 2.24) is 10.3 Å². The van der Waals surface area contributed by atoms with Crippen LogP contribution in [0.5, 0.6) is 0 Å². The quantitative estimate of drug-likeness (QED) is 0.884. The number of pyridine rings is 1. The van der Waals surface area contributed by atoms with Gasteiger partial charge in [0, 0.05) is 23.4 Å². The molecule has 0 radical (unpaired) electrons. The Labute approximate surface area is 99.2 Å². The van der Waals surface area contributed by atoms with Crippen LogP contribution in [0, 0.1) is 5.41 Å². The Hall–Kier alpha value is -1.52. The van der Waals surface area contributed by atoms with Crippen LogP contribution in [0.15, 0.2) is 24.5 Å². The van der Waals surface area contributed by atoms with Gasteiger partial charge in [-0.2, -0.15) is 0 Å². The number of hydrogen-bond donors (Lipinski definition) is 1. The molecule has 1 heterocycles. The third kappa shape index (κ3) is 3.47. The molecule has 94 valence electrons. The first-order valence-electron chi connectivity index (χ1n) is 5.30. The zero-order valence-electron chi connectivity index (χ0n) is 10.1. The lowest BCUT2D eigenvalue weighted by atomic mass is 9.88. The molecule has 0 saturated heterocycles. The van der Waals surface area contributed by atoms with Crippen LogP contribution in [0.3, 0.4) is 0 Å². The van der Waals surface area contributed by atoms with E-state index in [1.54, 1.807) is 0 Å². The molecule has 0 aliphatic rings. The molecule has 0 fully saturated rings. The number of halogens is 2. The first kappa shape index (κ1) is 13.5. The van der Waals surface area contributed by atoms with E-state index in [0.29, 0.717) is 5.56 Å². The van der Waals surface area contributed by atoms with Crippen LogP contribution in [0.4, 0.5) is 8.78 Å². The molecule has 1 N–H and O–H groups in total. The van der Waals surface area contributed by atoms with Crippen molar-refractivity contribution in [2.24, 2.45) is 5.41 Å². The molecule has 0 aliphatic heterocycles. The van der Waals surface area contributed by atoms with Crippen LogP contribution in [-0.4, -0.2) is 23.4 Å². The summed E-state index contributed by atoms with van der Waals surface area (Å²) < 4.78 is 27.2. The number of aromatic nitrogens is 1. The number of carbonyl (C=O) groups excluding carboxylic acids is 1. The molecule has 0 atom stereocenters. The second-order valence-corrected chi connectivity index (χ2v) is 4.87. The molecule has 0 bridgehead atoms. The van der Waals surface area contributed by atoms with E-state index in [4.69, 9.17) is 0 Å². The van der Waals surface area contributed by atoms with Crippen LogP contribution in [0.1, 0.15) is 31.1 Å². The minimum Gasteiger partial charge on any atom is -0.346 e. The molecule has 1 aromatic heterocycles. The van der Waals surface area contributed by atoms with E-state index in [0.717, 1.165) is 0 Å². The van der Waals surface area contributed by atoms with Crippen LogP contribution >= 0.6 is 0 Å². The lowest BCUT2D eigenvalue weighted by molar-refractivity contribution is -0.0916. The normalized spacial score (nSPS) is 12.3. The highest BCUT2D eigenvalue weighted by molar-refractivity contribution is 5.93. The molecule has 3 nitrogen and oxygen atoms in total. The van der Waals surface area contributed by atoms with Gasteiger partial charge in [0.15, 0.2) is 0 Å². The van der Waals surface area contributed by atoms with Crippen molar-refractivity contribution < 1.29 is 13.6 Å². The molecule has 0 aliphatic carbocycles. The second kappa shape index (κ2) is 4.77. The summed E-state index contributed by atoms with van der Waals surface area (Å²) in [7, 11) is 0. The molecule has 1 amide bonds. The van der Waals surface area contributed by atoms with Gasteiger partial charge in [-0.15, -0.1) is 0 Å². The van der Waals surface area contributed by atoms with E-state index in [-0.39, 0.29) is 0 Å². The first-order valence-corrected chi connectivity index (χ1v) is 5.30. The highest BCUT2D eigenvalue weighted by Gasteiger charge is 2.43. The van der Waals surface area contributed by atoms with Gasteiger partial charge in [-0.05, 0) is 12.1 Å². The highest BCUT2D eigenvalue weighted by Crippen LogP contribution is 2.34. The monoisotopic (exact) mass is 242 g/mol. The SMILES string of the molecule is CC(C)(C)C(F)(F)CNC(=O)c1ccncc1. The van der Waals surface area contributed by atoms with Gasteiger partial charge in [-0.25, -0.2) is 8.78 Å². The van der Waals surface area contributed by atoms with Crippen LogP contribution in [-0.2, 0) is 0 Å². The van der Waals surface area contributed by atoms with Crippen LogP contribution < -0.4 is 5.32 Å². The Kier molecular flexibility index (Phi) is 3.80. The Bertz CT molecular complexity index is 385. The summed E-state index contributed by atoms with van der Waals surface area (Å²) in [6.07, 6.45) is 2.88. The molecule has 0 aromatic carbocycles. The minimum absolute atomic E-state index is 0.324. The second-order valence-electron chi connectivity index (χ2n) is 4.87. The standard InChI is InChI=1S/C12H16F2N2O/c1-11(2,3)12(13,14)8-16-10(17)9-4-6-15-7-5-9/h4-7H,8H2,1-3H3,(H,16,17). The molecule has 0 saturated carbocycles. The fraction of sp³-hybridized carbons (Fsp3) is 0.500. The summed E-state index contributed by atoms with van der Waals surface area (Å²) in [5.41, 5.74) is -0.858. The van der Waals surface area contributed by atoms with Gasteiger partial charge < -0.3 is 5.32 Å². The zero-order chi connectivity index (χ0) is 13.1. The third-order valence-electron chi connectivity index (χ3n) is 2.51. The summed E-state index contributed by atoms with van der Waals surface area (Å²) >= 11 is 0. The van der Waals surface area contributed by atoms with Gasteiger partial charge in [-0.3, -0.25) is 9.78 Å². The maximum atomic E-state index is 13.6. The van der Waals surface area contributed by atoms with Crippen LogP contribution in [0.25, 0.3) is 0 Å². The third-order valence-corrected chi connectivity index (χ3v) is 2.51. The van der Waals surface area contributed by atoms with Gasteiger partial charge in [0.1, 0.15) is 0 Å². The van der Waals surface area contributed by atoms with Crippen molar-refractivity contribution in [3.05, 3.63) is 30.1 Å². The number of nitrogens with zero attached hydrogens (tertiary/aromatic N) is 1. The molecule has 1 rings (SSSR count). The highest BCUT2D eigenvalue weighted by atomic mass is 19.3. The van der Waals surface area contributed by atoms with Gasteiger partial charge in [-0.1, -0.05) is 20.8 Å². The lowest BCUT2D eigenvalue weighted by Crippen LogP contribution is -2.45. The van der Waals surface area contributed by atoms with Gasteiger partial charge in [0.2, 0.25) is 0 Å². The Morgan fingerprint density at radius 1 is 1.29 bits per heavy atom. The molecular formula is C12H16F2N2O. The average molecular weight is 242 g/mol. The predicted molar refractivity (Wildman–Crippen MR) is 61.0 cm³/mol. The fourth-order valence-electron chi connectivity index (χ4n) is 1.06. The average Bonchev–Trinajstić information content (AvgIpc) is 2.25. The van der Waals surface area contributed by atoms with Crippen molar-refractivity contribution in [1.29, 1.82) is 0 Å².